The molecule has 1 N–H and O–H groups in total. The fraction of sp³-hybridized carbons (Fsp3) is 0.208. The molecule has 2 heterocycles. The fourth-order valence-corrected chi connectivity index (χ4v) is 3.60. The molecule has 0 aliphatic rings. The SMILES string of the molecule is CC(NC(=O)c1cc(C(F)(F)F)cc(C(F)(F)F)c1)c1nc(Cc2cc(F)cc(F)c2)nn1-c1ncccn1. The molecule has 0 spiro atoms. The Morgan fingerprint density at radius 3 is 2.00 bits per heavy atom. The lowest BCUT2D eigenvalue weighted by Crippen LogP contribution is -2.29. The topological polar surface area (TPSA) is 85.6 Å². The number of carbonyl (C=O) groups is 1. The summed E-state index contributed by atoms with van der Waals surface area (Å²) >= 11 is 0. The van der Waals surface area contributed by atoms with E-state index >= 15 is 0 Å². The van der Waals surface area contributed by atoms with E-state index in [1.165, 1.54) is 25.4 Å². The predicted octanol–water partition coefficient (Wildman–Crippen LogP) is 5.45. The average Bonchev–Trinajstić information content (AvgIpc) is 3.26. The minimum absolute atomic E-state index is 0.0157. The molecule has 4 rings (SSSR count). The lowest BCUT2D eigenvalue weighted by Gasteiger charge is -2.16. The number of rotatable bonds is 6. The number of hydrogen-bond acceptors (Lipinski definition) is 5. The molecule has 0 radical (unpaired) electrons. The minimum Gasteiger partial charge on any atom is -0.342 e. The molecule has 1 amide bonds. The summed E-state index contributed by atoms with van der Waals surface area (Å²) < 4.78 is 108. The lowest BCUT2D eigenvalue weighted by atomic mass is 10.0. The van der Waals surface area contributed by atoms with Crippen LogP contribution in [0.25, 0.3) is 5.95 Å². The Balaban J connectivity index is 1.68. The van der Waals surface area contributed by atoms with Crippen LogP contribution in [0.15, 0.2) is 54.9 Å². The van der Waals surface area contributed by atoms with Crippen LogP contribution in [0.2, 0.25) is 0 Å². The molecule has 0 saturated carbocycles. The molecule has 0 bridgehead atoms. The summed E-state index contributed by atoms with van der Waals surface area (Å²) in [6.07, 6.45) is -7.72. The second-order valence-corrected chi connectivity index (χ2v) is 8.29. The van der Waals surface area contributed by atoms with Crippen LogP contribution in [0.3, 0.4) is 0 Å². The third-order valence-corrected chi connectivity index (χ3v) is 5.29. The second kappa shape index (κ2) is 10.4. The van der Waals surface area contributed by atoms with Crippen LogP contribution < -0.4 is 5.32 Å². The van der Waals surface area contributed by atoms with Gasteiger partial charge in [0, 0.05) is 30.4 Å². The number of amides is 1. The number of aromatic nitrogens is 5. The van der Waals surface area contributed by atoms with E-state index in [0.29, 0.717) is 18.2 Å². The van der Waals surface area contributed by atoms with Gasteiger partial charge in [-0.05, 0) is 48.9 Å². The van der Waals surface area contributed by atoms with Crippen molar-refractivity contribution in [3.63, 3.8) is 0 Å². The molecule has 2 aromatic carbocycles. The van der Waals surface area contributed by atoms with Gasteiger partial charge in [0.1, 0.15) is 11.6 Å². The maximum atomic E-state index is 13.6. The van der Waals surface area contributed by atoms with E-state index in [4.69, 9.17) is 0 Å². The zero-order chi connectivity index (χ0) is 28.5. The largest absolute Gasteiger partial charge is 0.416 e. The van der Waals surface area contributed by atoms with E-state index in [9.17, 15) is 39.9 Å². The zero-order valence-corrected chi connectivity index (χ0v) is 19.6. The molecular formula is C24H16F8N6O. The summed E-state index contributed by atoms with van der Waals surface area (Å²) in [7, 11) is 0. The smallest absolute Gasteiger partial charge is 0.342 e. The monoisotopic (exact) mass is 556 g/mol. The minimum atomic E-state index is -5.14. The molecule has 1 atom stereocenters. The molecular weight excluding hydrogens is 540 g/mol. The van der Waals surface area contributed by atoms with Crippen molar-refractivity contribution in [2.24, 2.45) is 0 Å². The molecule has 204 valence electrons. The first-order valence-electron chi connectivity index (χ1n) is 11.0. The van der Waals surface area contributed by atoms with Gasteiger partial charge in [0.2, 0.25) is 0 Å². The Morgan fingerprint density at radius 1 is 0.897 bits per heavy atom. The molecule has 0 aliphatic heterocycles. The Hall–Kier alpha value is -4.43. The summed E-state index contributed by atoms with van der Waals surface area (Å²) in [6.45, 7) is 1.35. The standard InChI is InChI=1S/C24H16F8N6O/c1-12(35-21(39)14-8-15(23(27,28)29)10-16(9-14)24(30,31)32)20-36-19(7-13-5-17(25)11-18(26)6-13)37-38(20)22-33-3-2-4-34-22/h2-6,8-12H,7H2,1H3,(H,35,39). The van der Waals surface area contributed by atoms with Gasteiger partial charge in [-0.15, -0.1) is 5.10 Å². The Bertz CT molecular complexity index is 1450. The van der Waals surface area contributed by atoms with Crippen molar-refractivity contribution in [3.05, 3.63) is 100 Å². The Labute approximate surface area is 214 Å². The Kier molecular flexibility index (Phi) is 7.35. The first-order chi connectivity index (χ1) is 18.2. The second-order valence-electron chi connectivity index (χ2n) is 8.29. The van der Waals surface area contributed by atoms with Gasteiger partial charge in [0.05, 0.1) is 17.2 Å². The van der Waals surface area contributed by atoms with Crippen LogP contribution in [0.5, 0.6) is 0 Å². The number of halogens is 8. The third-order valence-electron chi connectivity index (χ3n) is 5.29. The molecule has 4 aromatic rings. The van der Waals surface area contributed by atoms with Crippen molar-refractivity contribution in [1.29, 1.82) is 0 Å². The predicted molar refractivity (Wildman–Crippen MR) is 118 cm³/mol. The van der Waals surface area contributed by atoms with Crippen molar-refractivity contribution in [1.82, 2.24) is 30.0 Å². The maximum absolute atomic E-state index is 13.6. The third kappa shape index (κ3) is 6.53. The first kappa shape index (κ1) is 27.6. The van der Waals surface area contributed by atoms with Crippen LogP contribution in [-0.2, 0) is 18.8 Å². The van der Waals surface area contributed by atoms with Crippen molar-refractivity contribution >= 4 is 5.91 Å². The summed E-state index contributed by atoms with van der Waals surface area (Å²) in [5.74, 6) is -2.99. The molecule has 1 unspecified atom stereocenters. The van der Waals surface area contributed by atoms with Crippen molar-refractivity contribution < 1.29 is 39.9 Å². The average molecular weight is 556 g/mol. The van der Waals surface area contributed by atoms with E-state index in [1.54, 1.807) is 0 Å². The highest BCUT2D eigenvalue weighted by atomic mass is 19.4. The first-order valence-corrected chi connectivity index (χ1v) is 11.0. The van der Waals surface area contributed by atoms with Gasteiger partial charge in [0.15, 0.2) is 11.6 Å². The van der Waals surface area contributed by atoms with Crippen LogP contribution in [-0.4, -0.2) is 30.6 Å². The van der Waals surface area contributed by atoms with E-state index in [2.05, 4.69) is 25.4 Å². The van der Waals surface area contributed by atoms with Gasteiger partial charge in [-0.1, -0.05) is 0 Å². The van der Waals surface area contributed by atoms with Crippen LogP contribution in [0, 0.1) is 11.6 Å². The summed E-state index contributed by atoms with van der Waals surface area (Å²) in [6, 6.07) is 3.64. The number of carbonyl (C=O) groups excluding carboxylic acids is 1. The molecule has 0 aliphatic carbocycles. The van der Waals surface area contributed by atoms with Crippen LogP contribution in [0.1, 0.15) is 51.7 Å². The van der Waals surface area contributed by atoms with Crippen molar-refractivity contribution in [3.8, 4) is 5.95 Å². The number of nitrogens with zero attached hydrogens (tertiary/aromatic N) is 5. The normalized spacial score (nSPS) is 12.8. The molecule has 2 aromatic heterocycles. The Morgan fingerprint density at radius 2 is 1.46 bits per heavy atom. The van der Waals surface area contributed by atoms with Crippen molar-refractivity contribution in [2.75, 3.05) is 0 Å². The number of alkyl halides is 6. The highest BCUT2D eigenvalue weighted by Crippen LogP contribution is 2.36. The molecule has 15 heteroatoms. The van der Waals surface area contributed by atoms with Gasteiger partial charge < -0.3 is 5.32 Å². The quantitative estimate of drug-likeness (QED) is 0.319. The number of nitrogens with one attached hydrogen (secondary N) is 1. The highest BCUT2D eigenvalue weighted by molar-refractivity contribution is 5.94. The zero-order valence-electron chi connectivity index (χ0n) is 19.6. The molecule has 0 saturated heterocycles. The molecule has 39 heavy (non-hydrogen) atoms. The maximum Gasteiger partial charge on any atom is 0.416 e. The summed E-state index contributed by atoms with van der Waals surface area (Å²) in [5, 5.41) is 6.52. The number of hydrogen-bond donors (Lipinski definition) is 1. The molecule has 7 nitrogen and oxygen atoms in total. The molecule has 0 fully saturated rings. The van der Waals surface area contributed by atoms with Crippen LogP contribution in [0.4, 0.5) is 35.1 Å². The van der Waals surface area contributed by atoms with Gasteiger partial charge in [0.25, 0.3) is 11.9 Å². The van der Waals surface area contributed by atoms with Crippen molar-refractivity contribution in [2.45, 2.75) is 31.7 Å². The van der Waals surface area contributed by atoms with Gasteiger partial charge in [-0.25, -0.2) is 23.7 Å². The van der Waals surface area contributed by atoms with Gasteiger partial charge in [-0.3, -0.25) is 4.79 Å². The number of benzene rings is 2. The van der Waals surface area contributed by atoms with E-state index in [0.717, 1.165) is 16.8 Å². The highest BCUT2D eigenvalue weighted by Gasteiger charge is 2.37. The van der Waals surface area contributed by atoms with E-state index in [-0.39, 0.29) is 35.6 Å². The fourth-order valence-electron chi connectivity index (χ4n) is 3.60. The van der Waals surface area contributed by atoms with E-state index < -0.39 is 52.6 Å². The van der Waals surface area contributed by atoms with E-state index in [1.807, 2.05) is 0 Å². The van der Waals surface area contributed by atoms with Gasteiger partial charge in [-0.2, -0.15) is 31.0 Å². The van der Waals surface area contributed by atoms with Crippen LogP contribution >= 0.6 is 0 Å². The lowest BCUT2D eigenvalue weighted by molar-refractivity contribution is -0.143. The van der Waals surface area contributed by atoms with Gasteiger partial charge >= 0.3 is 12.4 Å². The summed E-state index contributed by atoms with van der Waals surface area (Å²) in [4.78, 5) is 25.1. The summed E-state index contributed by atoms with van der Waals surface area (Å²) in [5.41, 5.74) is -4.02.